The largest absolute Gasteiger partial charge is 0.477 e. The third-order valence-electron chi connectivity index (χ3n) is 2.96. The molecule has 92 valence electrons. The van der Waals surface area contributed by atoms with Crippen LogP contribution in [0.3, 0.4) is 0 Å². The van der Waals surface area contributed by atoms with Crippen LogP contribution >= 0.6 is 0 Å². The van der Waals surface area contributed by atoms with Crippen molar-refractivity contribution in [1.29, 1.82) is 0 Å². The number of carbonyl (C=O) groups is 1. The fraction of sp³-hybridized carbons (Fsp3) is 0.545. The summed E-state index contributed by atoms with van der Waals surface area (Å²) in [6.45, 7) is 3.46. The predicted molar refractivity (Wildman–Crippen MR) is 64.2 cm³/mol. The van der Waals surface area contributed by atoms with Crippen LogP contribution in [0.1, 0.15) is 35.3 Å². The van der Waals surface area contributed by atoms with E-state index in [1.54, 1.807) is 6.92 Å². The number of hydrogen-bond acceptors (Lipinski definition) is 5. The maximum absolute atomic E-state index is 11.0. The summed E-state index contributed by atoms with van der Waals surface area (Å²) in [4.78, 5) is 21.3. The van der Waals surface area contributed by atoms with Gasteiger partial charge in [0.2, 0.25) is 5.95 Å². The Balaban J connectivity index is 2.34. The van der Waals surface area contributed by atoms with Crippen molar-refractivity contribution in [2.75, 3.05) is 23.7 Å². The van der Waals surface area contributed by atoms with Crippen LogP contribution in [-0.4, -0.2) is 34.1 Å². The number of nitrogens with zero attached hydrogens (tertiary/aromatic N) is 3. The number of nitrogen functional groups attached to an aromatic ring is 1. The first-order chi connectivity index (χ1) is 8.09. The molecule has 1 saturated heterocycles. The number of anilines is 2. The van der Waals surface area contributed by atoms with Crippen LogP contribution in [-0.2, 0) is 0 Å². The van der Waals surface area contributed by atoms with Gasteiger partial charge in [0.1, 0.15) is 11.4 Å². The van der Waals surface area contributed by atoms with Crippen LogP contribution in [0.2, 0.25) is 0 Å². The fourth-order valence-electron chi connectivity index (χ4n) is 2.08. The highest BCUT2D eigenvalue weighted by atomic mass is 16.4. The van der Waals surface area contributed by atoms with Crippen molar-refractivity contribution >= 4 is 17.7 Å². The van der Waals surface area contributed by atoms with Crippen LogP contribution in [0.5, 0.6) is 0 Å². The van der Waals surface area contributed by atoms with Gasteiger partial charge in [0, 0.05) is 13.1 Å². The molecule has 0 aliphatic carbocycles. The van der Waals surface area contributed by atoms with E-state index < -0.39 is 5.97 Å². The number of rotatable bonds is 2. The summed E-state index contributed by atoms with van der Waals surface area (Å²) in [6.07, 6.45) is 3.45. The zero-order chi connectivity index (χ0) is 12.4. The van der Waals surface area contributed by atoms with E-state index in [9.17, 15) is 4.79 Å². The lowest BCUT2D eigenvalue weighted by atomic mass is 10.1. The molecule has 1 aromatic rings. The molecule has 0 bridgehead atoms. The highest BCUT2D eigenvalue weighted by Gasteiger charge is 2.19. The number of hydrogen-bond donors (Lipinski definition) is 2. The van der Waals surface area contributed by atoms with Gasteiger partial charge in [-0.2, -0.15) is 4.98 Å². The number of carboxylic acids is 1. The average Bonchev–Trinajstić information content (AvgIpc) is 2.28. The molecule has 1 fully saturated rings. The Labute approximate surface area is 99.5 Å². The monoisotopic (exact) mass is 236 g/mol. The average molecular weight is 236 g/mol. The van der Waals surface area contributed by atoms with Gasteiger partial charge in [-0.1, -0.05) is 0 Å². The van der Waals surface area contributed by atoms with Crippen molar-refractivity contribution < 1.29 is 9.90 Å². The van der Waals surface area contributed by atoms with Gasteiger partial charge in [-0.25, -0.2) is 9.78 Å². The zero-order valence-electron chi connectivity index (χ0n) is 9.81. The minimum absolute atomic E-state index is 0.00533. The van der Waals surface area contributed by atoms with Gasteiger partial charge < -0.3 is 15.7 Å². The predicted octanol–water partition coefficient (Wildman–Crippen LogP) is 1.06. The highest BCUT2D eigenvalue weighted by molar-refractivity contribution is 5.93. The molecule has 2 rings (SSSR count). The zero-order valence-corrected chi connectivity index (χ0v) is 9.81. The minimum atomic E-state index is -1.08. The Morgan fingerprint density at radius 2 is 1.94 bits per heavy atom. The Kier molecular flexibility index (Phi) is 3.12. The third-order valence-corrected chi connectivity index (χ3v) is 2.96. The molecule has 0 saturated carbocycles. The number of aromatic nitrogens is 2. The third kappa shape index (κ3) is 2.30. The van der Waals surface area contributed by atoms with E-state index in [1.165, 1.54) is 6.42 Å². The molecule has 2 heterocycles. The van der Waals surface area contributed by atoms with Crippen LogP contribution in [0.25, 0.3) is 0 Å². The first-order valence-corrected chi connectivity index (χ1v) is 5.72. The molecular formula is C11H16N4O2. The molecule has 0 spiro atoms. The van der Waals surface area contributed by atoms with E-state index in [2.05, 4.69) is 14.9 Å². The topological polar surface area (TPSA) is 92.3 Å². The molecule has 1 aliphatic heterocycles. The molecule has 0 aromatic carbocycles. The standard InChI is InChI=1S/C11H16N4O2/c1-7-8(10(16)17)9(12)14-11(13-7)15-5-3-2-4-6-15/h2-6H2,1H3,(H,16,17)(H2,12,13,14). The van der Waals surface area contributed by atoms with Gasteiger partial charge in [0.05, 0.1) is 5.69 Å². The second-order valence-corrected chi connectivity index (χ2v) is 4.22. The Morgan fingerprint density at radius 1 is 1.29 bits per heavy atom. The van der Waals surface area contributed by atoms with Gasteiger partial charge in [0.15, 0.2) is 0 Å². The minimum Gasteiger partial charge on any atom is -0.477 e. The molecule has 0 radical (unpaired) electrons. The van der Waals surface area contributed by atoms with Gasteiger partial charge in [-0.05, 0) is 26.2 Å². The second kappa shape index (κ2) is 4.57. The SMILES string of the molecule is Cc1nc(N2CCCCC2)nc(N)c1C(=O)O. The van der Waals surface area contributed by atoms with E-state index in [0.717, 1.165) is 25.9 Å². The normalized spacial score (nSPS) is 15.9. The molecule has 6 heteroatoms. The molecule has 6 nitrogen and oxygen atoms in total. The molecule has 17 heavy (non-hydrogen) atoms. The number of aromatic carboxylic acids is 1. The summed E-state index contributed by atoms with van der Waals surface area (Å²) < 4.78 is 0. The van der Waals surface area contributed by atoms with E-state index in [-0.39, 0.29) is 11.4 Å². The van der Waals surface area contributed by atoms with E-state index in [0.29, 0.717) is 11.6 Å². The quantitative estimate of drug-likeness (QED) is 0.797. The summed E-state index contributed by atoms with van der Waals surface area (Å²) in [5.41, 5.74) is 6.10. The highest BCUT2D eigenvalue weighted by Crippen LogP contribution is 2.20. The van der Waals surface area contributed by atoms with Crippen LogP contribution in [0.4, 0.5) is 11.8 Å². The van der Waals surface area contributed by atoms with Crippen molar-refractivity contribution in [1.82, 2.24) is 9.97 Å². The number of carboxylic acid groups (broad SMARTS) is 1. The Bertz CT molecular complexity index is 418. The lowest BCUT2D eigenvalue weighted by Crippen LogP contribution is -2.31. The number of nitrogens with two attached hydrogens (primary N) is 1. The first-order valence-electron chi connectivity index (χ1n) is 5.72. The van der Waals surface area contributed by atoms with Gasteiger partial charge in [0.25, 0.3) is 0 Å². The van der Waals surface area contributed by atoms with Crippen LogP contribution < -0.4 is 10.6 Å². The van der Waals surface area contributed by atoms with Crippen molar-refractivity contribution in [2.45, 2.75) is 26.2 Å². The molecule has 1 aromatic heterocycles. The first kappa shape index (κ1) is 11.6. The lowest BCUT2D eigenvalue weighted by molar-refractivity contribution is 0.0696. The summed E-state index contributed by atoms with van der Waals surface area (Å²) in [6, 6.07) is 0. The molecule has 1 aliphatic rings. The van der Waals surface area contributed by atoms with Gasteiger partial charge in [-0.3, -0.25) is 0 Å². The van der Waals surface area contributed by atoms with Crippen LogP contribution in [0.15, 0.2) is 0 Å². The smallest absolute Gasteiger partial charge is 0.341 e. The molecule has 0 atom stereocenters. The fourth-order valence-corrected chi connectivity index (χ4v) is 2.08. The molecule has 0 amide bonds. The van der Waals surface area contributed by atoms with Gasteiger partial charge >= 0.3 is 5.97 Å². The van der Waals surface area contributed by atoms with E-state index in [4.69, 9.17) is 10.8 Å². The number of aryl methyl sites for hydroxylation is 1. The maximum atomic E-state index is 11.0. The summed E-state index contributed by atoms with van der Waals surface area (Å²) in [5, 5.41) is 8.97. The van der Waals surface area contributed by atoms with Crippen molar-refractivity contribution in [2.24, 2.45) is 0 Å². The summed E-state index contributed by atoms with van der Waals surface area (Å²) in [5.74, 6) is -0.486. The van der Waals surface area contributed by atoms with Crippen molar-refractivity contribution in [3.05, 3.63) is 11.3 Å². The van der Waals surface area contributed by atoms with Crippen molar-refractivity contribution in [3.8, 4) is 0 Å². The lowest BCUT2D eigenvalue weighted by Gasteiger charge is -2.27. The maximum Gasteiger partial charge on any atom is 0.341 e. The van der Waals surface area contributed by atoms with Crippen molar-refractivity contribution in [3.63, 3.8) is 0 Å². The summed E-state index contributed by atoms with van der Waals surface area (Å²) >= 11 is 0. The van der Waals surface area contributed by atoms with Gasteiger partial charge in [-0.15, -0.1) is 0 Å². The number of piperidine rings is 1. The van der Waals surface area contributed by atoms with E-state index in [1.807, 2.05) is 0 Å². The second-order valence-electron chi connectivity index (χ2n) is 4.22. The summed E-state index contributed by atoms with van der Waals surface area (Å²) in [7, 11) is 0. The van der Waals surface area contributed by atoms with E-state index >= 15 is 0 Å². The molecular weight excluding hydrogens is 220 g/mol. The Hall–Kier alpha value is -1.85. The molecule has 3 N–H and O–H groups in total. The Morgan fingerprint density at radius 3 is 2.47 bits per heavy atom. The van der Waals surface area contributed by atoms with Crippen LogP contribution in [0, 0.1) is 6.92 Å². The molecule has 0 unspecified atom stereocenters.